The highest BCUT2D eigenvalue weighted by atomic mass is 32.1. The van der Waals surface area contributed by atoms with Crippen molar-refractivity contribution in [3.8, 4) is 0 Å². The van der Waals surface area contributed by atoms with Crippen LogP contribution in [0, 0.1) is 18.3 Å². The molecule has 1 aromatic rings. The number of hydrogen-bond acceptors (Lipinski definition) is 4. The molecule has 3 aliphatic rings. The number of carbonyl (C=O) groups excluding carboxylic acids is 1. The van der Waals surface area contributed by atoms with E-state index in [1.807, 2.05) is 11.3 Å². The highest BCUT2D eigenvalue weighted by Crippen LogP contribution is 2.59. The molecule has 2 fully saturated rings. The van der Waals surface area contributed by atoms with Crippen molar-refractivity contribution in [3.63, 3.8) is 0 Å². The van der Waals surface area contributed by atoms with Crippen molar-refractivity contribution in [1.29, 1.82) is 0 Å². The van der Waals surface area contributed by atoms with E-state index in [0.29, 0.717) is 5.92 Å². The predicted octanol–water partition coefficient (Wildman–Crippen LogP) is 2.80. The Balaban J connectivity index is 1.35. The zero-order chi connectivity index (χ0) is 15.2. The number of thiazole rings is 1. The molecular weight excluding hydrogens is 296 g/mol. The van der Waals surface area contributed by atoms with Crippen molar-refractivity contribution < 1.29 is 9.53 Å². The fourth-order valence-electron chi connectivity index (χ4n) is 4.22. The maximum atomic E-state index is 12.5. The Morgan fingerprint density at radius 1 is 1.45 bits per heavy atom. The maximum absolute atomic E-state index is 12.5. The predicted molar refractivity (Wildman–Crippen MR) is 86.1 cm³/mol. The number of aromatic nitrogens is 1. The van der Waals surface area contributed by atoms with Gasteiger partial charge >= 0.3 is 0 Å². The Morgan fingerprint density at radius 2 is 2.27 bits per heavy atom. The molecule has 22 heavy (non-hydrogen) atoms. The summed E-state index contributed by atoms with van der Waals surface area (Å²) in [6, 6.07) is 0. The summed E-state index contributed by atoms with van der Waals surface area (Å²) in [7, 11) is 0. The third-order valence-electron chi connectivity index (χ3n) is 5.70. The molecule has 1 amide bonds. The fourth-order valence-corrected chi connectivity index (χ4v) is 5.29. The SMILES string of the molecule is Cc1nc2c(s1)CCC[C@H]2CNC(=O)[C@@H]1CC12CCOCC2. The normalized spacial score (nSPS) is 29.1. The fraction of sp³-hybridized carbons (Fsp3) is 0.765. The summed E-state index contributed by atoms with van der Waals surface area (Å²) >= 11 is 1.83. The third-order valence-corrected chi connectivity index (χ3v) is 6.74. The van der Waals surface area contributed by atoms with Crippen LogP contribution in [0.1, 0.15) is 53.6 Å². The van der Waals surface area contributed by atoms with E-state index in [2.05, 4.69) is 12.2 Å². The van der Waals surface area contributed by atoms with E-state index >= 15 is 0 Å². The summed E-state index contributed by atoms with van der Waals surface area (Å²) in [5, 5.41) is 4.38. The number of nitrogens with one attached hydrogen (secondary N) is 1. The zero-order valence-electron chi connectivity index (χ0n) is 13.2. The van der Waals surface area contributed by atoms with Gasteiger partial charge in [-0.25, -0.2) is 4.98 Å². The van der Waals surface area contributed by atoms with Gasteiger partial charge in [-0.3, -0.25) is 4.79 Å². The molecule has 0 radical (unpaired) electrons. The van der Waals surface area contributed by atoms with Crippen LogP contribution in [0.4, 0.5) is 0 Å². The molecule has 1 saturated heterocycles. The molecule has 4 rings (SSSR count). The molecule has 0 aromatic carbocycles. The first-order chi connectivity index (χ1) is 10.7. The number of rotatable bonds is 3. The molecule has 2 atom stereocenters. The minimum absolute atomic E-state index is 0.233. The van der Waals surface area contributed by atoms with E-state index in [0.717, 1.165) is 56.9 Å². The van der Waals surface area contributed by atoms with E-state index in [1.54, 1.807) is 0 Å². The lowest BCUT2D eigenvalue weighted by atomic mass is 9.90. The van der Waals surface area contributed by atoms with Gasteiger partial charge in [0.05, 0.1) is 10.7 Å². The molecule has 1 aromatic heterocycles. The second-order valence-electron chi connectivity index (χ2n) is 7.11. The van der Waals surface area contributed by atoms with Crippen LogP contribution < -0.4 is 5.32 Å². The molecule has 2 aliphatic carbocycles. The second-order valence-corrected chi connectivity index (χ2v) is 8.39. The minimum Gasteiger partial charge on any atom is -0.381 e. The number of aryl methyl sites for hydroxylation is 2. The number of carbonyl (C=O) groups is 1. The highest BCUT2D eigenvalue weighted by Gasteiger charge is 2.57. The highest BCUT2D eigenvalue weighted by molar-refractivity contribution is 7.11. The Morgan fingerprint density at radius 3 is 3.09 bits per heavy atom. The molecule has 1 aliphatic heterocycles. The lowest BCUT2D eigenvalue weighted by Gasteiger charge is -2.24. The molecule has 1 spiro atoms. The lowest BCUT2D eigenvalue weighted by molar-refractivity contribution is -0.123. The van der Waals surface area contributed by atoms with Gasteiger partial charge in [0.2, 0.25) is 5.91 Å². The maximum Gasteiger partial charge on any atom is 0.223 e. The Bertz CT molecular complexity index is 577. The molecule has 0 unspecified atom stereocenters. The van der Waals surface area contributed by atoms with Gasteiger partial charge in [0.1, 0.15) is 0 Å². The zero-order valence-corrected chi connectivity index (χ0v) is 14.0. The second kappa shape index (κ2) is 5.60. The standard InChI is InChI=1S/C17H24N2O2S/c1-11-19-15-12(3-2-4-14(15)22-11)10-18-16(20)13-9-17(13)5-7-21-8-6-17/h12-13H,2-10H2,1H3,(H,18,20)/t12-,13-/m0/s1. The van der Waals surface area contributed by atoms with Gasteiger partial charge in [-0.15, -0.1) is 11.3 Å². The van der Waals surface area contributed by atoms with Crippen molar-refractivity contribution in [2.75, 3.05) is 19.8 Å². The number of fused-ring (bicyclic) bond motifs is 1. The lowest BCUT2D eigenvalue weighted by Crippen LogP contribution is -2.33. The van der Waals surface area contributed by atoms with Crippen LogP contribution in [0.5, 0.6) is 0 Å². The van der Waals surface area contributed by atoms with Gasteiger partial charge in [0, 0.05) is 36.5 Å². The smallest absolute Gasteiger partial charge is 0.223 e. The monoisotopic (exact) mass is 320 g/mol. The van der Waals surface area contributed by atoms with Gasteiger partial charge in [0.25, 0.3) is 0 Å². The van der Waals surface area contributed by atoms with Crippen LogP contribution in [-0.2, 0) is 16.0 Å². The van der Waals surface area contributed by atoms with Crippen molar-refractivity contribution >= 4 is 17.2 Å². The van der Waals surface area contributed by atoms with E-state index in [9.17, 15) is 4.79 Å². The first-order valence-corrected chi connectivity index (χ1v) is 9.31. The first kappa shape index (κ1) is 14.6. The largest absolute Gasteiger partial charge is 0.381 e. The molecule has 120 valence electrons. The van der Waals surface area contributed by atoms with Crippen LogP contribution >= 0.6 is 11.3 Å². The number of hydrogen-bond donors (Lipinski definition) is 1. The van der Waals surface area contributed by atoms with Crippen molar-refractivity contribution in [2.24, 2.45) is 11.3 Å². The summed E-state index contributed by atoms with van der Waals surface area (Å²) in [6.07, 6.45) is 6.72. The Labute approximate surface area is 135 Å². The molecular formula is C17H24N2O2S. The summed E-state index contributed by atoms with van der Waals surface area (Å²) in [5.41, 5.74) is 1.53. The van der Waals surface area contributed by atoms with Crippen LogP contribution in [-0.4, -0.2) is 30.6 Å². The van der Waals surface area contributed by atoms with Crippen molar-refractivity contribution in [3.05, 3.63) is 15.6 Å². The van der Waals surface area contributed by atoms with Crippen LogP contribution in [0.3, 0.4) is 0 Å². The number of amides is 1. The summed E-state index contributed by atoms with van der Waals surface area (Å²) in [4.78, 5) is 18.6. The number of nitrogens with zero attached hydrogens (tertiary/aromatic N) is 1. The van der Waals surface area contributed by atoms with Crippen molar-refractivity contribution in [1.82, 2.24) is 10.3 Å². The molecule has 4 nitrogen and oxygen atoms in total. The molecule has 0 bridgehead atoms. The van der Waals surface area contributed by atoms with Crippen molar-refractivity contribution in [2.45, 2.75) is 51.4 Å². The first-order valence-electron chi connectivity index (χ1n) is 8.50. The minimum atomic E-state index is 0.233. The topological polar surface area (TPSA) is 51.2 Å². The molecule has 1 N–H and O–H groups in total. The van der Waals surface area contributed by atoms with Gasteiger partial charge in [-0.05, 0) is 50.9 Å². The van der Waals surface area contributed by atoms with E-state index in [1.165, 1.54) is 17.0 Å². The summed E-state index contributed by atoms with van der Waals surface area (Å²) in [5.74, 6) is 0.916. The van der Waals surface area contributed by atoms with Crippen LogP contribution in [0.15, 0.2) is 0 Å². The summed E-state index contributed by atoms with van der Waals surface area (Å²) in [6.45, 7) is 4.50. The average molecular weight is 320 g/mol. The Kier molecular flexibility index (Phi) is 3.73. The Hall–Kier alpha value is -0.940. The quantitative estimate of drug-likeness (QED) is 0.932. The van der Waals surface area contributed by atoms with E-state index in [4.69, 9.17) is 9.72 Å². The number of ether oxygens (including phenoxy) is 1. The molecule has 2 heterocycles. The third kappa shape index (κ3) is 2.58. The van der Waals surface area contributed by atoms with E-state index < -0.39 is 0 Å². The van der Waals surface area contributed by atoms with Gasteiger partial charge in [-0.1, -0.05) is 0 Å². The van der Waals surface area contributed by atoms with Gasteiger partial charge in [0.15, 0.2) is 0 Å². The van der Waals surface area contributed by atoms with Crippen LogP contribution in [0.2, 0.25) is 0 Å². The van der Waals surface area contributed by atoms with Gasteiger partial charge < -0.3 is 10.1 Å². The molecule has 5 heteroatoms. The summed E-state index contributed by atoms with van der Waals surface area (Å²) < 4.78 is 5.43. The van der Waals surface area contributed by atoms with Gasteiger partial charge in [-0.2, -0.15) is 0 Å². The van der Waals surface area contributed by atoms with E-state index in [-0.39, 0.29) is 17.2 Å². The van der Waals surface area contributed by atoms with Crippen LogP contribution in [0.25, 0.3) is 0 Å². The molecule has 1 saturated carbocycles. The average Bonchev–Trinajstić information content (AvgIpc) is 3.05.